The number of carbonyl (C=O) groups is 1. The Balaban J connectivity index is 1.42. The first kappa shape index (κ1) is 11.3. The van der Waals surface area contributed by atoms with E-state index in [0.717, 1.165) is 23.3 Å². The van der Waals surface area contributed by atoms with Gasteiger partial charge in [-0.05, 0) is 67.2 Å². The van der Waals surface area contributed by atoms with Crippen molar-refractivity contribution >= 4 is 11.6 Å². The number of hydrogen-bond donors (Lipinski definition) is 1. The molecule has 5 atom stereocenters. The molecule has 3 fully saturated rings. The minimum absolute atomic E-state index is 0.233. The first-order chi connectivity index (χ1) is 9.28. The number of benzene rings is 1. The molecular weight excluding hydrogens is 238 g/mol. The first-order valence-electron chi connectivity index (χ1n) is 7.23. The van der Waals surface area contributed by atoms with Crippen LogP contribution >= 0.6 is 0 Å². The number of hydrogen-bond acceptors (Lipinski definition) is 2. The third kappa shape index (κ3) is 1.67. The van der Waals surface area contributed by atoms with Crippen LogP contribution in [0.4, 0.5) is 5.69 Å². The molecule has 2 bridgehead atoms. The Bertz CT molecular complexity index is 494. The summed E-state index contributed by atoms with van der Waals surface area (Å²) in [6, 6.07) is 7.58. The van der Waals surface area contributed by atoms with Crippen LogP contribution in [0.3, 0.4) is 0 Å². The lowest BCUT2D eigenvalue weighted by Crippen LogP contribution is -2.18. The van der Waals surface area contributed by atoms with Gasteiger partial charge < -0.3 is 10.1 Å². The minimum atomic E-state index is 0.233. The number of ether oxygens (including phenoxy) is 1. The summed E-state index contributed by atoms with van der Waals surface area (Å²) in [7, 11) is 1.65. The molecule has 1 aromatic rings. The van der Waals surface area contributed by atoms with E-state index in [2.05, 4.69) is 5.32 Å². The lowest BCUT2D eigenvalue weighted by atomic mass is 10.0. The van der Waals surface area contributed by atoms with E-state index in [9.17, 15) is 4.79 Å². The molecule has 0 aromatic heterocycles. The van der Waals surface area contributed by atoms with Crippen LogP contribution < -0.4 is 10.1 Å². The molecule has 3 heteroatoms. The van der Waals surface area contributed by atoms with E-state index in [1.54, 1.807) is 7.11 Å². The second-order valence-corrected chi connectivity index (χ2v) is 6.23. The van der Waals surface area contributed by atoms with Gasteiger partial charge in [0.25, 0.3) is 0 Å². The predicted molar refractivity (Wildman–Crippen MR) is 72.9 cm³/mol. The molecule has 100 valence electrons. The largest absolute Gasteiger partial charge is 0.497 e. The highest BCUT2D eigenvalue weighted by molar-refractivity contribution is 5.95. The van der Waals surface area contributed by atoms with Gasteiger partial charge in [-0.25, -0.2) is 0 Å². The number of fused-ring (bicyclic) bond motifs is 5. The average molecular weight is 257 g/mol. The molecule has 0 aliphatic heterocycles. The van der Waals surface area contributed by atoms with Crippen LogP contribution in [0.1, 0.15) is 19.3 Å². The Morgan fingerprint density at radius 1 is 1.16 bits per heavy atom. The Kier molecular flexibility index (Phi) is 2.38. The van der Waals surface area contributed by atoms with E-state index in [-0.39, 0.29) is 5.91 Å². The zero-order valence-electron chi connectivity index (χ0n) is 11.1. The fraction of sp³-hybridized carbons (Fsp3) is 0.562. The van der Waals surface area contributed by atoms with Gasteiger partial charge >= 0.3 is 0 Å². The maximum absolute atomic E-state index is 12.3. The molecule has 0 heterocycles. The molecule has 1 N–H and O–H groups in total. The normalized spacial score (nSPS) is 37.8. The minimum Gasteiger partial charge on any atom is -0.497 e. The fourth-order valence-corrected chi connectivity index (χ4v) is 4.58. The van der Waals surface area contributed by atoms with E-state index < -0.39 is 0 Å². The Hall–Kier alpha value is -1.51. The molecule has 0 radical (unpaired) electrons. The second kappa shape index (κ2) is 3.99. The highest BCUT2D eigenvalue weighted by Crippen LogP contribution is 2.69. The van der Waals surface area contributed by atoms with E-state index in [1.807, 2.05) is 24.3 Å². The van der Waals surface area contributed by atoms with E-state index >= 15 is 0 Å². The van der Waals surface area contributed by atoms with Crippen LogP contribution in [0.25, 0.3) is 0 Å². The third-order valence-electron chi connectivity index (χ3n) is 5.40. The molecular formula is C16H19NO2. The summed E-state index contributed by atoms with van der Waals surface area (Å²) in [5.41, 5.74) is 0.878. The Morgan fingerprint density at radius 3 is 2.37 bits per heavy atom. The summed E-state index contributed by atoms with van der Waals surface area (Å²) in [5, 5.41) is 3.06. The van der Waals surface area contributed by atoms with Crippen molar-refractivity contribution in [3.63, 3.8) is 0 Å². The monoisotopic (exact) mass is 257 g/mol. The van der Waals surface area contributed by atoms with Crippen LogP contribution in [0, 0.1) is 29.6 Å². The predicted octanol–water partition coefficient (Wildman–Crippen LogP) is 2.93. The maximum atomic E-state index is 12.3. The zero-order chi connectivity index (χ0) is 13.0. The second-order valence-electron chi connectivity index (χ2n) is 6.23. The highest BCUT2D eigenvalue weighted by atomic mass is 16.5. The van der Waals surface area contributed by atoms with Gasteiger partial charge in [-0.2, -0.15) is 0 Å². The standard InChI is InChI=1S/C16H19NO2/c1-19-12-6-4-11(5-7-12)17-16(18)15-13-9-2-3-10(8-9)14(13)15/h4-7,9-10,13-15H,2-3,8H2,1H3,(H,17,18)/t9-,10-,13-,14+,15?/m1/s1. The number of nitrogens with one attached hydrogen (secondary N) is 1. The summed E-state index contributed by atoms with van der Waals surface area (Å²) in [4.78, 5) is 12.3. The summed E-state index contributed by atoms with van der Waals surface area (Å²) in [5.74, 6) is 4.46. The summed E-state index contributed by atoms with van der Waals surface area (Å²) >= 11 is 0. The lowest BCUT2D eigenvalue weighted by Gasteiger charge is -2.10. The van der Waals surface area contributed by atoms with Gasteiger partial charge in [0.2, 0.25) is 5.91 Å². The summed E-state index contributed by atoms with van der Waals surface area (Å²) in [6.07, 6.45) is 4.11. The molecule has 4 rings (SSSR count). The molecule has 3 aliphatic carbocycles. The van der Waals surface area contributed by atoms with Crippen LogP contribution in [0.15, 0.2) is 24.3 Å². The van der Waals surface area contributed by atoms with Gasteiger partial charge in [-0.3, -0.25) is 4.79 Å². The van der Waals surface area contributed by atoms with Crippen molar-refractivity contribution in [3.8, 4) is 5.75 Å². The zero-order valence-corrected chi connectivity index (χ0v) is 11.1. The molecule has 1 aromatic carbocycles. The van der Waals surface area contributed by atoms with Gasteiger partial charge in [0.1, 0.15) is 5.75 Å². The topological polar surface area (TPSA) is 38.3 Å². The van der Waals surface area contributed by atoms with Crippen molar-refractivity contribution in [3.05, 3.63) is 24.3 Å². The summed E-state index contributed by atoms with van der Waals surface area (Å²) < 4.78 is 5.12. The quantitative estimate of drug-likeness (QED) is 0.904. The SMILES string of the molecule is COc1ccc(NC(=O)C2[C@@H]3[C@@H]4CC[C@H](C4)[C@H]23)cc1. The van der Waals surface area contributed by atoms with Gasteiger partial charge in [0, 0.05) is 11.6 Å². The molecule has 3 aliphatic rings. The summed E-state index contributed by atoms with van der Waals surface area (Å²) in [6.45, 7) is 0. The molecule has 0 spiro atoms. The molecule has 19 heavy (non-hydrogen) atoms. The van der Waals surface area contributed by atoms with E-state index in [1.165, 1.54) is 19.3 Å². The van der Waals surface area contributed by atoms with Crippen molar-refractivity contribution < 1.29 is 9.53 Å². The van der Waals surface area contributed by atoms with Crippen molar-refractivity contribution in [1.29, 1.82) is 0 Å². The fourth-order valence-electron chi connectivity index (χ4n) is 4.58. The number of rotatable bonds is 3. The van der Waals surface area contributed by atoms with Gasteiger partial charge in [0.05, 0.1) is 7.11 Å². The van der Waals surface area contributed by atoms with Crippen molar-refractivity contribution in [2.45, 2.75) is 19.3 Å². The van der Waals surface area contributed by atoms with Gasteiger partial charge in [-0.1, -0.05) is 0 Å². The number of methoxy groups -OCH3 is 1. The van der Waals surface area contributed by atoms with Crippen LogP contribution in [-0.2, 0) is 4.79 Å². The number of anilines is 1. The maximum Gasteiger partial charge on any atom is 0.228 e. The van der Waals surface area contributed by atoms with Crippen LogP contribution in [-0.4, -0.2) is 13.0 Å². The smallest absolute Gasteiger partial charge is 0.228 e. The van der Waals surface area contributed by atoms with E-state index in [0.29, 0.717) is 17.8 Å². The average Bonchev–Trinajstić information content (AvgIpc) is 2.89. The first-order valence-corrected chi connectivity index (χ1v) is 7.23. The van der Waals surface area contributed by atoms with Crippen LogP contribution in [0.2, 0.25) is 0 Å². The lowest BCUT2D eigenvalue weighted by molar-refractivity contribution is -0.118. The van der Waals surface area contributed by atoms with Crippen molar-refractivity contribution in [2.75, 3.05) is 12.4 Å². The van der Waals surface area contributed by atoms with Gasteiger partial charge in [-0.15, -0.1) is 0 Å². The Morgan fingerprint density at radius 2 is 1.79 bits per heavy atom. The molecule has 0 saturated heterocycles. The molecule has 3 saturated carbocycles. The van der Waals surface area contributed by atoms with Crippen LogP contribution in [0.5, 0.6) is 5.75 Å². The van der Waals surface area contributed by atoms with Crippen molar-refractivity contribution in [1.82, 2.24) is 0 Å². The van der Waals surface area contributed by atoms with E-state index in [4.69, 9.17) is 4.74 Å². The molecule has 1 unspecified atom stereocenters. The molecule has 1 amide bonds. The molecule has 3 nitrogen and oxygen atoms in total. The Labute approximate surface area is 113 Å². The number of carbonyl (C=O) groups excluding carboxylic acids is 1. The van der Waals surface area contributed by atoms with Gasteiger partial charge in [0.15, 0.2) is 0 Å². The van der Waals surface area contributed by atoms with Crippen molar-refractivity contribution in [2.24, 2.45) is 29.6 Å². The highest BCUT2D eigenvalue weighted by Gasteiger charge is 2.67. The number of amides is 1. The third-order valence-corrected chi connectivity index (χ3v) is 5.40.